The molecular weight excluding hydrogens is 260 g/mol. The van der Waals surface area contributed by atoms with Gasteiger partial charge >= 0.3 is 0 Å². The van der Waals surface area contributed by atoms with Gasteiger partial charge in [0, 0.05) is 50.5 Å². The number of nitrogens with one attached hydrogen (secondary N) is 1. The summed E-state index contributed by atoms with van der Waals surface area (Å²) in [6.07, 6.45) is 4.32. The van der Waals surface area contributed by atoms with Crippen LogP contribution < -0.4 is 5.32 Å². The number of thiazole rings is 1. The first-order chi connectivity index (χ1) is 9.16. The predicted octanol–water partition coefficient (Wildman–Crippen LogP) is 1.89. The lowest BCUT2D eigenvalue weighted by atomic mass is 10.3. The molecule has 2 heterocycles. The van der Waals surface area contributed by atoms with Crippen molar-refractivity contribution < 1.29 is 4.79 Å². The van der Waals surface area contributed by atoms with Crippen molar-refractivity contribution in [3.8, 4) is 0 Å². The molecule has 0 aliphatic carbocycles. The van der Waals surface area contributed by atoms with E-state index in [9.17, 15) is 4.79 Å². The molecule has 2 aromatic heterocycles. The third-order valence-corrected chi connectivity index (χ3v) is 3.38. The number of anilines is 1. The SMILES string of the molecule is CN(C)C(=O)c1cc(NCCc2nccs2)ccn1. The molecule has 0 aromatic carbocycles. The topological polar surface area (TPSA) is 58.1 Å². The van der Waals surface area contributed by atoms with Crippen molar-refractivity contribution in [3.05, 3.63) is 40.6 Å². The minimum Gasteiger partial charge on any atom is -0.385 e. The molecule has 0 saturated carbocycles. The Morgan fingerprint density at radius 3 is 2.89 bits per heavy atom. The van der Waals surface area contributed by atoms with Crippen molar-refractivity contribution in [3.63, 3.8) is 0 Å². The van der Waals surface area contributed by atoms with Gasteiger partial charge in [0.25, 0.3) is 5.91 Å². The van der Waals surface area contributed by atoms with Gasteiger partial charge < -0.3 is 10.2 Å². The average molecular weight is 276 g/mol. The van der Waals surface area contributed by atoms with Crippen molar-refractivity contribution in [2.75, 3.05) is 26.0 Å². The maximum Gasteiger partial charge on any atom is 0.272 e. The number of aromatic nitrogens is 2. The van der Waals surface area contributed by atoms with Crippen LogP contribution in [0.1, 0.15) is 15.5 Å². The van der Waals surface area contributed by atoms with Crippen molar-refractivity contribution in [2.24, 2.45) is 0 Å². The summed E-state index contributed by atoms with van der Waals surface area (Å²) in [5, 5.41) is 6.34. The monoisotopic (exact) mass is 276 g/mol. The molecule has 2 rings (SSSR count). The van der Waals surface area contributed by atoms with Gasteiger partial charge in [-0.2, -0.15) is 0 Å². The summed E-state index contributed by atoms with van der Waals surface area (Å²) in [5.74, 6) is -0.0939. The Hall–Kier alpha value is -1.95. The van der Waals surface area contributed by atoms with E-state index in [1.54, 1.807) is 43.9 Å². The molecule has 0 aliphatic rings. The number of amides is 1. The molecule has 0 saturated heterocycles. The first-order valence-electron chi connectivity index (χ1n) is 5.97. The number of carbonyl (C=O) groups excluding carboxylic acids is 1. The van der Waals surface area contributed by atoms with Crippen LogP contribution in [0, 0.1) is 0 Å². The van der Waals surface area contributed by atoms with Crippen LogP contribution in [-0.2, 0) is 6.42 Å². The fraction of sp³-hybridized carbons (Fsp3) is 0.308. The van der Waals surface area contributed by atoms with Crippen molar-refractivity contribution in [1.29, 1.82) is 0 Å². The third kappa shape index (κ3) is 3.75. The van der Waals surface area contributed by atoms with E-state index in [4.69, 9.17) is 0 Å². The van der Waals surface area contributed by atoms with Crippen molar-refractivity contribution in [1.82, 2.24) is 14.9 Å². The number of hydrogen-bond donors (Lipinski definition) is 1. The lowest BCUT2D eigenvalue weighted by Gasteiger charge is -2.11. The molecule has 0 fully saturated rings. The van der Waals surface area contributed by atoms with Crippen LogP contribution in [0.4, 0.5) is 5.69 Å². The van der Waals surface area contributed by atoms with Crippen LogP contribution in [0.3, 0.4) is 0 Å². The average Bonchev–Trinajstić information content (AvgIpc) is 2.91. The smallest absolute Gasteiger partial charge is 0.272 e. The van der Waals surface area contributed by atoms with Gasteiger partial charge in [0.2, 0.25) is 0 Å². The molecule has 0 spiro atoms. The summed E-state index contributed by atoms with van der Waals surface area (Å²) in [5.41, 5.74) is 1.35. The molecule has 0 radical (unpaired) electrons. The second-order valence-corrected chi connectivity index (χ2v) is 5.21. The maximum absolute atomic E-state index is 11.8. The molecule has 0 unspecified atom stereocenters. The van der Waals surface area contributed by atoms with Gasteiger partial charge in [-0.3, -0.25) is 9.78 Å². The fourth-order valence-corrected chi connectivity index (χ4v) is 2.20. The first kappa shape index (κ1) is 13.5. The van der Waals surface area contributed by atoms with Gasteiger partial charge in [-0.25, -0.2) is 4.98 Å². The summed E-state index contributed by atoms with van der Waals surface area (Å²) >= 11 is 1.65. The van der Waals surface area contributed by atoms with E-state index in [1.807, 2.05) is 11.4 Å². The summed E-state index contributed by atoms with van der Waals surface area (Å²) in [7, 11) is 3.43. The summed E-state index contributed by atoms with van der Waals surface area (Å²) in [6.45, 7) is 0.785. The van der Waals surface area contributed by atoms with Crippen LogP contribution >= 0.6 is 11.3 Å². The van der Waals surface area contributed by atoms with E-state index < -0.39 is 0 Å². The number of hydrogen-bond acceptors (Lipinski definition) is 5. The second kappa shape index (κ2) is 6.29. The molecule has 0 atom stereocenters. The van der Waals surface area contributed by atoms with Crippen molar-refractivity contribution >= 4 is 22.9 Å². The molecule has 100 valence electrons. The largest absolute Gasteiger partial charge is 0.385 e. The van der Waals surface area contributed by atoms with Crippen LogP contribution in [0.25, 0.3) is 0 Å². The second-order valence-electron chi connectivity index (χ2n) is 4.23. The highest BCUT2D eigenvalue weighted by Gasteiger charge is 2.09. The van der Waals surface area contributed by atoms with E-state index in [-0.39, 0.29) is 5.91 Å². The standard InChI is InChI=1S/C13H16N4OS/c1-17(2)13(18)11-9-10(3-5-15-11)14-6-4-12-16-7-8-19-12/h3,5,7-9H,4,6H2,1-2H3,(H,14,15). The zero-order chi connectivity index (χ0) is 13.7. The van der Waals surface area contributed by atoms with Crippen LogP contribution in [-0.4, -0.2) is 41.4 Å². The number of carbonyl (C=O) groups is 1. The molecular formula is C13H16N4OS. The lowest BCUT2D eigenvalue weighted by molar-refractivity contribution is 0.0822. The Morgan fingerprint density at radius 1 is 1.37 bits per heavy atom. The summed E-state index contributed by atoms with van der Waals surface area (Å²) in [6, 6.07) is 3.62. The molecule has 0 bridgehead atoms. The molecule has 2 aromatic rings. The number of rotatable bonds is 5. The Balaban J connectivity index is 1.93. The van der Waals surface area contributed by atoms with Gasteiger partial charge in [-0.05, 0) is 12.1 Å². The van der Waals surface area contributed by atoms with Crippen LogP contribution in [0.15, 0.2) is 29.9 Å². The Kier molecular flexibility index (Phi) is 4.46. The number of nitrogens with zero attached hydrogens (tertiary/aromatic N) is 3. The quantitative estimate of drug-likeness (QED) is 0.906. The van der Waals surface area contributed by atoms with E-state index in [0.29, 0.717) is 5.69 Å². The van der Waals surface area contributed by atoms with Gasteiger partial charge in [0.05, 0.1) is 5.01 Å². The van der Waals surface area contributed by atoms with Gasteiger partial charge in [0.1, 0.15) is 5.69 Å². The van der Waals surface area contributed by atoms with E-state index >= 15 is 0 Å². The van der Waals surface area contributed by atoms with E-state index in [1.165, 1.54) is 4.90 Å². The third-order valence-electron chi connectivity index (χ3n) is 2.54. The van der Waals surface area contributed by atoms with Crippen LogP contribution in [0.2, 0.25) is 0 Å². The van der Waals surface area contributed by atoms with Gasteiger partial charge in [-0.1, -0.05) is 0 Å². The lowest BCUT2D eigenvalue weighted by Crippen LogP contribution is -2.22. The highest BCUT2D eigenvalue weighted by atomic mass is 32.1. The zero-order valence-electron chi connectivity index (χ0n) is 11.0. The minimum atomic E-state index is -0.0939. The minimum absolute atomic E-state index is 0.0939. The molecule has 0 aliphatic heterocycles. The van der Waals surface area contributed by atoms with Crippen LogP contribution in [0.5, 0.6) is 0 Å². The molecule has 6 heteroatoms. The fourth-order valence-electron chi connectivity index (χ4n) is 1.58. The zero-order valence-corrected chi connectivity index (χ0v) is 11.8. The van der Waals surface area contributed by atoms with Gasteiger partial charge in [-0.15, -0.1) is 11.3 Å². The van der Waals surface area contributed by atoms with Crippen molar-refractivity contribution in [2.45, 2.75) is 6.42 Å². The highest BCUT2D eigenvalue weighted by molar-refractivity contribution is 7.09. The Labute approximate surface area is 116 Å². The highest BCUT2D eigenvalue weighted by Crippen LogP contribution is 2.10. The number of pyridine rings is 1. The van der Waals surface area contributed by atoms with E-state index in [2.05, 4.69) is 15.3 Å². The maximum atomic E-state index is 11.8. The van der Waals surface area contributed by atoms with Gasteiger partial charge in [0.15, 0.2) is 0 Å². The summed E-state index contributed by atoms with van der Waals surface area (Å²) < 4.78 is 0. The molecule has 1 N–H and O–H groups in total. The Bertz CT molecular complexity index is 539. The molecule has 5 nitrogen and oxygen atoms in total. The normalized spacial score (nSPS) is 10.2. The molecule has 1 amide bonds. The Morgan fingerprint density at radius 2 is 2.21 bits per heavy atom. The first-order valence-corrected chi connectivity index (χ1v) is 6.85. The molecule has 19 heavy (non-hydrogen) atoms. The predicted molar refractivity (Wildman–Crippen MR) is 76.6 cm³/mol. The summed E-state index contributed by atoms with van der Waals surface area (Å²) in [4.78, 5) is 21.6. The van der Waals surface area contributed by atoms with E-state index in [0.717, 1.165) is 23.7 Å².